The number of aryl methyl sites for hydroxylation is 1. The molecule has 1 aromatic carbocycles. The van der Waals surface area contributed by atoms with Crippen LogP contribution in [0.3, 0.4) is 0 Å². The van der Waals surface area contributed by atoms with Gasteiger partial charge in [0.15, 0.2) is 0 Å². The standard InChI is InChI=1S/C14H20N2O5S/c1-2-11-10-12(4-5-13(11)14(17)18)15-22(19,20)16-6-3-8-21-9-7-16/h4-5,10,15H,2-3,6-9H2,1H3,(H,17,18). The van der Waals surface area contributed by atoms with E-state index in [1.165, 1.54) is 16.4 Å². The zero-order chi connectivity index (χ0) is 16.2. The van der Waals surface area contributed by atoms with Crippen LogP contribution in [0.25, 0.3) is 0 Å². The number of benzene rings is 1. The van der Waals surface area contributed by atoms with E-state index in [2.05, 4.69) is 4.72 Å². The number of rotatable bonds is 5. The van der Waals surface area contributed by atoms with Gasteiger partial charge in [0.05, 0.1) is 17.9 Å². The molecule has 1 saturated heterocycles. The van der Waals surface area contributed by atoms with E-state index in [1.54, 1.807) is 6.07 Å². The highest BCUT2D eigenvalue weighted by Crippen LogP contribution is 2.19. The monoisotopic (exact) mass is 328 g/mol. The maximum atomic E-state index is 12.4. The number of nitrogens with zero attached hydrogens (tertiary/aromatic N) is 1. The average Bonchev–Trinajstić information content (AvgIpc) is 2.76. The van der Waals surface area contributed by atoms with E-state index in [0.717, 1.165) is 0 Å². The van der Waals surface area contributed by atoms with Gasteiger partial charge >= 0.3 is 16.2 Å². The highest BCUT2D eigenvalue weighted by Gasteiger charge is 2.23. The number of nitrogens with one attached hydrogen (secondary N) is 1. The first-order valence-electron chi connectivity index (χ1n) is 7.16. The van der Waals surface area contributed by atoms with Crippen molar-refractivity contribution in [2.45, 2.75) is 19.8 Å². The van der Waals surface area contributed by atoms with Gasteiger partial charge in [0, 0.05) is 19.7 Å². The van der Waals surface area contributed by atoms with Gasteiger partial charge in [-0.25, -0.2) is 4.79 Å². The average molecular weight is 328 g/mol. The van der Waals surface area contributed by atoms with Crippen LogP contribution in [-0.4, -0.2) is 50.1 Å². The number of aromatic carboxylic acids is 1. The van der Waals surface area contributed by atoms with E-state index in [1.807, 2.05) is 6.92 Å². The Morgan fingerprint density at radius 1 is 1.36 bits per heavy atom. The number of hydrogen-bond acceptors (Lipinski definition) is 4. The van der Waals surface area contributed by atoms with Crippen molar-refractivity contribution in [1.29, 1.82) is 0 Å². The molecule has 0 spiro atoms. The summed E-state index contributed by atoms with van der Waals surface area (Å²) in [4.78, 5) is 11.1. The summed E-state index contributed by atoms with van der Waals surface area (Å²) in [5.74, 6) is -1.02. The van der Waals surface area contributed by atoms with Crippen molar-refractivity contribution in [3.63, 3.8) is 0 Å². The zero-order valence-electron chi connectivity index (χ0n) is 12.4. The summed E-state index contributed by atoms with van der Waals surface area (Å²) in [5.41, 5.74) is 1.15. The van der Waals surface area contributed by atoms with Crippen molar-refractivity contribution >= 4 is 21.9 Å². The normalized spacial score (nSPS) is 17.0. The van der Waals surface area contributed by atoms with Crippen molar-refractivity contribution in [2.75, 3.05) is 31.0 Å². The van der Waals surface area contributed by atoms with Crippen molar-refractivity contribution in [3.8, 4) is 0 Å². The molecule has 0 amide bonds. The third-order valence-electron chi connectivity index (χ3n) is 3.48. The van der Waals surface area contributed by atoms with Crippen LogP contribution >= 0.6 is 0 Å². The fraction of sp³-hybridized carbons (Fsp3) is 0.500. The van der Waals surface area contributed by atoms with Gasteiger partial charge in [-0.1, -0.05) is 6.92 Å². The summed E-state index contributed by atoms with van der Waals surface area (Å²) in [5, 5.41) is 9.09. The van der Waals surface area contributed by atoms with Gasteiger partial charge in [-0.2, -0.15) is 12.7 Å². The molecule has 1 aliphatic rings. The maximum absolute atomic E-state index is 12.4. The quantitative estimate of drug-likeness (QED) is 0.850. The summed E-state index contributed by atoms with van der Waals surface area (Å²) in [6.07, 6.45) is 1.16. The van der Waals surface area contributed by atoms with Crippen LogP contribution in [0.4, 0.5) is 5.69 Å². The Hall–Kier alpha value is -1.64. The van der Waals surface area contributed by atoms with Gasteiger partial charge in [-0.3, -0.25) is 4.72 Å². The lowest BCUT2D eigenvalue weighted by Crippen LogP contribution is -2.37. The first kappa shape index (κ1) is 16.7. The Morgan fingerprint density at radius 2 is 2.14 bits per heavy atom. The summed E-state index contributed by atoms with van der Waals surface area (Å²) in [6.45, 7) is 3.47. The van der Waals surface area contributed by atoms with E-state index in [0.29, 0.717) is 50.4 Å². The second-order valence-corrected chi connectivity index (χ2v) is 6.67. The molecular formula is C14H20N2O5S. The van der Waals surface area contributed by atoms with Gasteiger partial charge in [0.2, 0.25) is 0 Å². The minimum Gasteiger partial charge on any atom is -0.478 e. The fourth-order valence-electron chi connectivity index (χ4n) is 2.34. The summed E-state index contributed by atoms with van der Waals surface area (Å²) >= 11 is 0. The molecule has 0 saturated carbocycles. The van der Waals surface area contributed by atoms with Crippen LogP contribution in [0.2, 0.25) is 0 Å². The van der Waals surface area contributed by atoms with Crippen LogP contribution in [0.5, 0.6) is 0 Å². The third kappa shape index (κ3) is 3.96. The maximum Gasteiger partial charge on any atom is 0.335 e. The molecule has 7 nitrogen and oxygen atoms in total. The predicted molar refractivity (Wildman–Crippen MR) is 82.3 cm³/mol. The molecule has 0 bridgehead atoms. The highest BCUT2D eigenvalue weighted by molar-refractivity contribution is 7.90. The molecule has 2 rings (SSSR count). The number of anilines is 1. The Bertz CT molecular complexity index is 637. The topological polar surface area (TPSA) is 95.9 Å². The molecule has 0 aromatic heterocycles. The van der Waals surface area contributed by atoms with Gasteiger partial charge in [-0.05, 0) is 36.6 Å². The van der Waals surface area contributed by atoms with Gasteiger partial charge in [-0.15, -0.1) is 0 Å². The van der Waals surface area contributed by atoms with Gasteiger partial charge < -0.3 is 9.84 Å². The van der Waals surface area contributed by atoms with Gasteiger partial charge in [0.25, 0.3) is 0 Å². The van der Waals surface area contributed by atoms with Gasteiger partial charge in [0.1, 0.15) is 0 Å². The molecule has 22 heavy (non-hydrogen) atoms. The number of ether oxygens (including phenoxy) is 1. The number of carboxylic acids is 1. The van der Waals surface area contributed by atoms with Crippen molar-refractivity contribution in [3.05, 3.63) is 29.3 Å². The van der Waals surface area contributed by atoms with Crippen LogP contribution in [0.15, 0.2) is 18.2 Å². The number of carbonyl (C=O) groups is 1. The molecule has 1 heterocycles. The smallest absolute Gasteiger partial charge is 0.335 e. The Balaban J connectivity index is 2.20. The fourth-order valence-corrected chi connectivity index (χ4v) is 3.57. The first-order valence-corrected chi connectivity index (χ1v) is 8.60. The van der Waals surface area contributed by atoms with E-state index in [-0.39, 0.29) is 5.56 Å². The van der Waals surface area contributed by atoms with Crippen LogP contribution < -0.4 is 4.72 Å². The van der Waals surface area contributed by atoms with E-state index in [4.69, 9.17) is 9.84 Å². The lowest BCUT2D eigenvalue weighted by molar-refractivity contribution is 0.0695. The van der Waals surface area contributed by atoms with Crippen molar-refractivity contribution < 1.29 is 23.1 Å². The number of carboxylic acid groups (broad SMARTS) is 1. The predicted octanol–water partition coefficient (Wildman–Crippen LogP) is 1.33. The molecule has 1 fully saturated rings. The molecule has 2 N–H and O–H groups in total. The molecule has 0 atom stereocenters. The zero-order valence-corrected chi connectivity index (χ0v) is 13.2. The van der Waals surface area contributed by atoms with Crippen LogP contribution in [0.1, 0.15) is 29.3 Å². The Kier molecular flexibility index (Phi) is 5.38. The first-order chi connectivity index (χ1) is 10.4. The van der Waals surface area contributed by atoms with Crippen LogP contribution in [-0.2, 0) is 21.4 Å². The second-order valence-electron chi connectivity index (χ2n) is 5.00. The molecule has 0 unspecified atom stereocenters. The van der Waals surface area contributed by atoms with Crippen LogP contribution in [0, 0.1) is 0 Å². The number of hydrogen-bond donors (Lipinski definition) is 2. The van der Waals surface area contributed by atoms with E-state index >= 15 is 0 Å². The molecule has 1 aliphatic heterocycles. The molecule has 122 valence electrons. The third-order valence-corrected chi connectivity index (χ3v) is 5.02. The Labute approximate surface area is 130 Å². The van der Waals surface area contributed by atoms with E-state index in [9.17, 15) is 13.2 Å². The lowest BCUT2D eigenvalue weighted by atomic mass is 10.0. The SMILES string of the molecule is CCc1cc(NS(=O)(=O)N2CCCOCC2)ccc1C(=O)O. The largest absolute Gasteiger partial charge is 0.478 e. The summed E-state index contributed by atoms with van der Waals surface area (Å²) in [6, 6.07) is 4.45. The molecule has 1 aromatic rings. The minimum atomic E-state index is -3.66. The van der Waals surface area contributed by atoms with Crippen molar-refractivity contribution in [1.82, 2.24) is 4.31 Å². The minimum absolute atomic E-state index is 0.189. The highest BCUT2D eigenvalue weighted by atomic mass is 32.2. The molecule has 0 aliphatic carbocycles. The second kappa shape index (κ2) is 7.08. The summed E-state index contributed by atoms with van der Waals surface area (Å²) < 4.78 is 33.8. The van der Waals surface area contributed by atoms with Crippen molar-refractivity contribution in [2.24, 2.45) is 0 Å². The molecule has 0 radical (unpaired) electrons. The van der Waals surface area contributed by atoms with E-state index < -0.39 is 16.2 Å². The Morgan fingerprint density at radius 3 is 2.82 bits per heavy atom. The summed E-state index contributed by atoms with van der Waals surface area (Å²) in [7, 11) is -3.66. The molecular weight excluding hydrogens is 308 g/mol. The molecule has 8 heteroatoms. The lowest BCUT2D eigenvalue weighted by Gasteiger charge is -2.20.